The Balaban J connectivity index is 1.87. The molecule has 0 radical (unpaired) electrons. The van der Waals surface area contributed by atoms with Crippen LogP contribution in [0.15, 0.2) is 42.5 Å². The van der Waals surface area contributed by atoms with Gasteiger partial charge in [0.2, 0.25) is 5.91 Å². The minimum Gasteiger partial charge on any atom is -0.343 e. The van der Waals surface area contributed by atoms with Crippen LogP contribution in [-0.2, 0) is 11.8 Å². The molecule has 1 saturated heterocycles. The van der Waals surface area contributed by atoms with Crippen LogP contribution >= 0.6 is 0 Å². The Kier molecular flexibility index (Phi) is 2.70. The first-order valence-electron chi connectivity index (χ1n) is 8.33. The lowest BCUT2D eigenvalue weighted by Crippen LogP contribution is -2.29. The van der Waals surface area contributed by atoms with Gasteiger partial charge in [-0.15, -0.1) is 0 Å². The third-order valence-corrected chi connectivity index (χ3v) is 5.41. The van der Waals surface area contributed by atoms with Crippen LogP contribution in [0.2, 0.25) is 0 Å². The van der Waals surface area contributed by atoms with Gasteiger partial charge in [-0.1, -0.05) is 24.3 Å². The maximum atomic E-state index is 13.9. The van der Waals surface area contributed by atoms with Gasteiger partial charge in [0.1, 0.15) is 5.82 Å². The van der Waals surface area contributed by atoms with Crippen molar-refractivity contribution < 1.29 is 9.18 Å². The van der Waals surface area contributed by atoms with Crippen molar-refractivity contribution >= 4 is 16.8 Å². The van der Waals surface area contributed by atoms with Gasteiger partial charge in [0.05, 0.1) is 11.7 Å². The van der Waals surface area contributed by atoms with Crippen LogP contribution < -0.4 is 0 Å². The summed E-state index contributed by atoms with van der Waals surface area (Å²) in [6, 6.07) is 13.1. The third kappa shape index (κ3) is 1.63. The summed E-state index contributed by atoms with van der Waals surface area (Å²) >= 11 is 0. The molecule has 0 saturated carbocycles. The van der Waals surface area contributed by atoms with Gasteiger partial charge in [-0.2, -0.15) is 0 Å². The first kappa shape index (κ1) is 13.8. The van der Waals surface area contributed by atoms with E-state index < -0.39 is 0 Å². The molecule has 4 heteroatoms. The van der Waals surface area contributed by atoms with E-state index in [1.165, 1.54) is 6.07 Å². The molecule has 1 atom stereocenters. The Morgan fingerprint density at radius 3 is 2.79 bits per heavy atom. The number of rotatable bonds is 1. The molecule has 24 heavy (non-hydrogen) atoms. The van der Waals surface area contributed by atoms with Gasteiger partial charge >= 0.3 is 0 Å². The molecule has 5 rings (SSSR count). The Bertz CT molecular complexity index is 1000. The smallest absolute Gasteiger partial charge is 0.223 e. The second-order valence-electron chi connectivity index (χ2n) is 6.66. The van der Waals surface area contributed by atoms with E-state index in [1.54, 1.807) is 6.07 Å². The van der Waals surface area contributed by atoms with Gasteiger partial charge in [-0.25, -0.2) is 4.39 Å². The zero-order chi connectivity index (χ0) is 16.4. The van der Waals surface area contributed by atoms with E-state index in [0.29, 0.717) is 6.42 Å². The molecule has 3 aromatic rings. The van der Waals surface area contributed by atoms with E-state index in [9.17, 15) is 9.18 Å². The van der Waals surface area contributed by atoms with Crippen LogP contribution in [0.1, 0.15) is 30.0 Å². The second kappa shape index (κ2) is 4.69. The summed E-state index contributed by atoms with van der Waals surface area (Å²) in [6.45, 7) is 0.767. The highest BCUT2D eigenvalue weighted by Gasteiger charge is 2.40. The fourth-order valence-electron chi connectivity index (χ4n) is 4.42. The summed E-state index contributed by atoms with van der Waals surface area (Å²) in [7, 11) is 2.02. The predicted molar refractivity (Wildman–Crippen MR) is 91.1 cm³/mol. The molecule has 1 amide bonds. The molecule has 2 heterocycles. The Morgan fingerprint density at radius 2 is 2.00 bits per heavy atom. The van der Waals surface area contributed by atoms with Crippen molar-refractivity contribution in [3.05, 3.63) is 59.4 Å². The van der Waals surface area contributed by atoms with E-state index in [4.69, 9.17) is 0 Å². The van der Waals surface area contributed by atoms with Crippen LogP contribution in [-0.4, -0.2) is 21.9 Å². The molecule has 3 nitrogen and oxygen atoms in total. The first-order valence-corrected chi connectivity index (χ1v) is 8.33. The highest BCUT2D eigenvalue weighted by atomic mass is 19.1. The van der Waals surface area contributed by atoms with Crippen molar-refractivity contribution in [3.63, 3.8) is 0 Å². The molecule has 120 valence electrons. The fourth-order valence-corrected chi connectivity index (χ4v) is 4.42. The normalized spacial score (nSPS) is 19.2. The van der Waals surface area contributed by atoms with Gasteiger partial charge < -0.3 is 9.47 Å². The number of para-hydroxylation sites is 1. The second-order valence-corrected chi connectivity index (χ2v) is 6.66. The standard InChI is InChI=1S/C20H17FN2O/c1-22-16-6-3-2-5-14(16)18-19(22)15-11-12(21)8-9-13(15)20(18)23-10-4-7-17(23)24/h2-3,5-6,8-9,11,20H,4,7,10H2,1H3. The minimum atomic E-state index is -0.238. The molecule has 1 fully saturated rings. The molecule has 1 aliphatic heterocycles. The summed E-state index contributed by atoms with van der Waals surface area (Å²) in [5.41, 5.74) is 5.25. The average molecular weight is 320 g/mol. The van der Waals surface area contributed by atoms with Crippen LogP contribution in [0.3, 0.4) is 0 Å². The molecule has 1 aromatic heterocycles. The van der Waals surface area contributed by atoms with Crippen molar-refractivity contribution in [1.29, 1.82) is 0 Å². The highest BCUT2D eigenvalue weighted by Crippen LogP contribution is 2.51. The molecule has 0 spiro atoms. The molecular weight excluding hydrogens is 303 g/mol. The maximum Gasteiger partial charge on any atom is 0.223 e. The number of amides is 1. The minimum absolute atomic E-state index is 0.100. The Hall–Kier alpha value is -2.62. The lowest BCUT2D eigenvalue weighted by atomic mass is 10.0. The molecule has 1 unspecified atom stereocenters. The third-order valence-electron chi connectivity index (χ3n) is 5.41. The lowest BCUT2D eigenvalue weighted by molar-refractivity contribution is -0.129. The van der Waals surface area contributed by atoms with Crippen LogP contribution in [0.4, 0.5) is 4.39 Å². The summed E-state index contributed by atoms with van der Waals surface area (Å²) in [5, 5.41) is 1.15. The summed E-state index contributed by atoms with van der Waals surface area (Å²) in [4.78, 5) is 14.4. The first-order chi connectivity index (χ1) is 11.7. The zero-order valence-electron chi connectivity index (χ0n) is 13.4. The van der Waals surface area contributed by atoms with E-state index in [2.05, 4.69) is 16.7 Å². The van der Waals surface area contributed by atoms with Gasteiger partial charge in [0, 0.05) is 42.0 Å². The molecule has 0 N–H and O–H groups in total. The largest absolute Gasteiger partial charge is 0.343 e. The van der Waals surface area contributed by atoms with E-state index in [1.807, 2.05) is 30.1 Å². The maximum absolute atomic E-state index is 13.9. The monoisotopic (exact) mass is 320 g/mol. The number of hydrogen-bond donors (Lipinski definition) is 0. The predicted octanol–water partition coefficient (Wildman–Crippen LogP) is 4.01. The lowest BCUT2D eigenvalue weighted by Gasteiger charge is -2.26. The number of aromatic nitrogens is 1. The number of aryl methyl sites for hydroxylation is 1. The quantitative estimate of drug-likeness (QED) is 0.665. The number of hydrogen-bond acceptors (Lipinski definition) is 1. The van der Waals surface area contributed by atoms with Crippen LogP contribution in [0.5, 0.6) is 0 Å². The molecule has 0 bridgehead atoms. The van der Waals surface area contributed by atoms with Crippen molar-refractivity contribution in [2.24, 2.45) is 7.05 Å². The van der Waals surface area contributed by atoms with E-state index in [-0.39, 0.29) is 17.8 Å². The highest BCUT2D eigenvalue weighted by molar-refractivity contribution is 5.97. The van der Waals surface area contributed by atoms with Crippen LogP contribution in [0, 0.1) is 5.82 Å². The fraction of sp³-hybridized carbons (Fsp3) is 0.250. The van der Waals surface area contributed by atoms with Crippen LogP contribution in [0.25, 0.3) is 22.2 Å². The number of carbonyl (C=O) groups is 1. The summed E-state index contributed by atoms with van der Waals surface area (Å²) < 4.78 is 16.1. The Morgan fingerprint density at radius 1 is 1.17 bits per heavy atom. The SMILES string of the molecule is Cn1c2c(c3ccccc31)C(N1CCCC1=O)c1ccc(F)cc1-2. The summed E-state index contributed by atoms with van der Waals surface area (Å²) in [5.74, 6) is -0.0468. The number of halogens is 1. The molecule has 1 aliphatic carbocycles. The topological polar surface area (TPSA) is 25.2 Å². The van der Waals surface area contributed by atoms with Crippen molar-refractivity contribution in [1.82, 2.24) is 9.47 Å². The van der Waals surface area contributed by atoms with Gasteiger partial charge in [0.25, 0.3) is 0 Å². The number of carbonyl (C=O) groups excluding carboxylic acids is 1. The van der Waals surface area contributed by atoms with Gasteiger partial charge in [-0.05, 0) is 30.2 Å². The number of fused-ring (bicyclic) bond motifs is 5. The van der Waals surface area contributed by atoms with E-state index >= 15 is 0 Å². The van der Waals surface area contributed by atoms with Gasteiger partial charge in [-0.3, -0.25) is 4.79 Å². The average Bonchev–Trinajstić information content (AvgIpc) is 3.22. The summed E-state index contributed by atoms with van der Waals surface area (Å²) in [6.07, 6.45) is 1.50. The van der Waals surface area contributed by atoms with Crippen molar-refractivity contribution in [3.8, 4) is 11.3 Å². The van der Waals surface area contributed by atoms with Crippen molar-refractivity contribution in [2.75, 3.05) is 6.54 Å². The number of benzene rings is 2. The Labute approximate surface area is 139 Å². The van der Waals surface area contributed by atoms with Gasteiger partial charge in [0.15, 0.2) is 0 Å². The number of likely N-dealkylation sites (tertiary alicyclic amines) is 1. The molecule has 2 aliphatic rings. The molecule has 2 aromatic carbocycles. The zero-order valence-corrected chi connectivity index (χ0v) is 13.4. The van der Waals surface area contributed by atoms with Crippen molar-refractivity contribution in [2.45, 2.75) is 18.9 Å². The molecular formula is C20H17FN2O. The number of nitrogens with zero attached hydrogens (tertiary/aromatic N) is 2. The van der Waals surface area contributed by atoms with E-state index in [0.717, 1.165) is 46.3 Å².